The molecule has 0 amide bonds. The van der Waals surface area contributed by atoms with E-state index in [1.165, 1.54) is 99.7 Å². The Hall–Kier alpha value is -7.68. The van der Waals surface area contributed by atoms with Crippen LogP contribution in [-0.2, 0) is 10.8 Å². The van der Waals surface area contributed by atoms with Crippen molar-refractivity contribution in [1.29, 1.82) is 0 Å². The fourth-order valence-corrected chi connectivity index (χ4v) is 10.1. The van der Waals surface area contributed by atoms with Crippen LogP contribution in [0, 0.1) is 13.8 Å². The quantitative estimate of drug-likeness (QED) is 0.150. The fourth-order valence-electron chi connectivity index (χ4n) is 10.1. The number of fused-ring (bicyclic) bond motifs is 6. The van der Waals surface area contributed by atoms with Gasteiger partial charge in [0, 0.05) is 34.1 Å². The molecule has 0 aliphatic heterocycles. The second-order valence-corrected chi connectivity index (χ2v) is 20.9. The first-order chi connectivity index (χ1) is 32.8. The van der Waals surface area contributed by atoms with E-state index < -0.39 is 0 Å². The van der Waals surface area contributed by atoms with E-state index >= 15 is 0 Å². The van der Waals surface area contributed by atoms with Crippen LogP contribution in [0.2, 0.25) is 0 Å². The molecule has 0 fully saturated rings. The minimum atomic E-state index is 0.00598. The molecule has 0 aromatic heterocycles. The SMILES string of the molecule is Cc1ccc(C(C)(C)C)cc1N(c1cccc(-c2ccccc2)c1)c1ccc2cc3c(cc2c1)-c1cc2cc(N(c4cccc(-c5ccccc5)c4)c4cc(C(C)(C)C)ccc4C)ccc2cc1-3. The Bertz CT molecular complexity index is 3310. The van der Waals surface area contributed by atoms with Crippen LogP contribution in [0.3, 0.4) is 0 Å². The number of hydrogen-bond acceptors (Lipinski definition) is 2. The summed E-state index contributed by atoms with van der Waals surface area (Å²) in [4.78, 5) is 4.91. The molecular formula is C66H58N2. The van der Waals surface area contributed by atoms with Gasteiger partial charge in [-0.3, -0.25) is 0 Å². The van der Waals surface area contributed by atoms with Gasteiger partial charge in [0.15, 0.2) is 0 Å². The summed E-state index contributed by atoms with van der Waals surface area (Å²) < 4.78 is 0. The molecule has 0 radical (unpaired) electrons. The van der Waals surface area contributed by atoms with Crippen LogP contribution in [-0.4, -0.2) is 0 Å². The molecule has 0 saturated carbocycles. The van der Waals surface area contributed by atoms with E-state index in [0.29, 0.717) is 0 Å². The van der Waals surface area contributed by atoms with Gasteiger partial charge in [0.25, 0.3) is 0 Å². The van der Waals surface area contributed by atoms with Crippen molar-refractivity contribution >= 4 is 55.7 Å². The van der Waals surface area contributed by atoms with Gasteiger partial charge in [-0.25, -0.2) is 0 Å². The summed E-state index contributed by atoms with van der Waals surface area (Å²) in [5, 5.41) is 4.95. The molecule has 0 N–H and O–H groups in total. The summed E-state index contributed by atoms with van der Waals surface area (Å²) >= 11 is 0. The van der Waals surface area contributed by atoms with Gasteiger partial charge in [-0.15, -0.1) is 0 Å². The fraction of sp³-hybridized carbons (Fsp3) is 0.152. The van der Waals surface area contributed by atoms with Gasteiger partial charge in [-0.05, 0) is 198 Å². The molecule has 11 rings (SSSR count). The lowest BCUT2D eigenvalue weighted by atomic mass is 9.78. The summed E-state index contributed by atoms with van der Waals surface area (Å²) in [5.74, 6) is 0. The van der Waals surface area contributed by atoms with E-state index in [4.69, 9.17) is 0 Å². The Morgan fingerprint density at radius 2 is 0.632 bits per heavy atom. The third kappa shape index (κ3) is 7.84. The maximum Gasteiger partial charge on any atom is 0.0493 e. The number of nitrogens with zero attached hydrogens (tertiary/aromatic N) is 2. The zero-order valence-electron chi connectivity index (χ0n) is 40.5. The third-order valence-electron chi connectivity index (χ3n) is 14.1. The van der Waals surface area contributed by atoms with Crippen molar-refractivity contribution in [3.05, 3.63) is 229 Å². The lowest BCUT2D eigenvalue weighted by Crippen LogP contribution is -2.15. The van der Waals surface area contributed by atoms with Crippen LogP contribution in [0.1, 0.15) is 63.8 Å². The Morgan fingerprint density at radius 1 is 0.279 bits per heavy atom. The average Bonchev–Trinajstić information content (AvgIpc) is 3.34. The van der Waals surface area contributed by atoms with Crippen molar-refractivity contribution in [3.8, 4) is 44.5 Å². The van der Waals surface area contributed by atoms with Crippen molar-refractivity contribution in [3.63, 3.8) is 0 Å². The van der Waals surface area contributed by atoms with Crippen LogP contribution in [0.25, 0.3) is 66.1 Å². The molecule has 2 nitrogen and oxygen atoms in total. The first-order valence-corrected chi connectivity index (χ1v) is 24.1. The molecule has 0 saturated heterocycles. The van der Waals surface area contributed by atoms with Gasteiger partial charge in [-0.2, -0.15) is 0 Å². The highest BCUT2D eigenvalue weighted by Gasteiger charge is 2.27. The highest BCUT2D eigenvalue weighted by atomic mass is 15.1. The number of anilines is 6. The molecule has 10 aromatic rings. The first-order valence-electron chi connectivity index (χ1n) is 24.1. The van der Waals surface area contributed by atoms with E-state index in [2.05, 4.69) is 271 Å². The van der Waals surface area contributed by atoms with Crippen LogP contribution in [0.5, 0.6) is 0 Å². The van der Waals surface area contributed by atoms with Gasteiger partial charge < -0.3 is 9.80 Å². The predicted molar refractivity (Wildman–Crippen MR) is 293 cm³/mol. The van der Waals surface area contributed by atoms with Crippen LogP contribution >= 0.6 is 0 Å². The Balaban J connectivity index is 1.02. The zero-order chi connectivity index (χ0) is 46.9. The van der Waals surface area contributed by atoms with E-state index in [0.717, 1.165) is 22.7 Å². The minimum absolute atomic E-state index is 0.00598. The molecule has 0 atom stereocenters. The highest BCUT2D eigenvalue weighted by Crippen LogP contribution is 2.52. The van der Waals surface area contributed by atoms with Crippen molar-refractivity contribution in [2.24, 2.45) is 0 Å². The standard InChI is InChI=1S/C66H58N2/c1-43-25-29-53(65(3,4)5)41-63(43)67(55-23-15-21-47(33-55)45-17-11-9-12-18-45)57-31-27-49-37-59-60-38-50-28-32-58(36-52(50)40-62(60)61(59)39-51(49)35-57)68(64-42-54(66(6,7)8)30-26-44(64)2)56-24-16-22-48(34-56)46-19-13-10-14-20-46/h9-42H,1-8H3. The lowest BCUT2D eigenvalue weighted by molar-refractivity contribution is 0.590. The normalized spacial score (nSPS) is 12.1. The molecule has 1 aliphatic rings. The van der Waals surface area contributed by atoms with E-state index in [-0.39, 0.29) is 10.8 Å². The molecule has 0 bridgehead atoms. The summed E-state index contributed by atoms with van der Waals surface area (Å²) in [6.45, 7) is 18.2. The Morgan fingerprint density at radius 3 is 1.01 bits per heavy atom. The molecular weight excluding hydrogens is 821 g/mol. The van der Waals surface area contributed by atoms with Gasteiger partial charge in [0.2, 0.25) is 0 Å². The van der Waals surface area contributed by atoms with Crippen molar-refractivity contribution in [2.75, 3.05) is 9.80 Å². The molecule has 1 aliphatic carbocycles. The maximum absolute atomic E-state index is 2.46. The topological polar surface area (TPSA) is 6.48 Å². The number of aryl methyl sites for hydroxylation is 2. The summed E-state index contributed by atoms with van der Waals surface area (Å²) in [6.07, 6.45) is 0. The van der Waals surface area contributed by atoms with E-state index in [1.54, 1.807) is 0 Å². The second kappa shape index (κ2) is 16.6. The number of hydrogen-bond donors (Lipinski definition) is 0. The second-order valence-electron chi connectivity index (χ2n) is 20.9. The first kappa shape index (κ1) is 42.9. The third-order valence-corrected chi connectivity index (χ3v) is 14.1. The Labute approximate surface area is 402 Å². The average molecular weight is 879 g/mol. The van der Waals surface area contributed by atoms with Crippen LogP contribution < -0.4 is 9.80 Å². The molecule has 10 aromatic carbocycles. The van der Waals surface area contributed by atoms with Gasteiger partial charge in [-0.1, -0.05) is 163 Å². The zero-order valence-corrected chi connectivity index (χ0v) is 40.5. The molecule has 332 valence electrons. The van der Waals surface area contributed by atoms with Crippen molar-refractivity contribution < 1.29 is 0 Å². The van der Waals surface area contributed by atoms with E-state index in [9.17, 15) is 0 Å². The lowest BCUT2D eigenvalue weighted by Gasteiger charge is -2.31. The largest absolute Gasteiger partial charge is 0.310 e. The molecule has 2 heteroatoms. The predicted octanol–water partition coefficient (Wildman–Crippen LogP) is 19.1. The van der Waals surface area contributed by atoms with Gasteiger partial charge >= 0.3 is 0 Å². The molecule has 68 heavy (non-hydrogen) atoms. The van der Waals surface area contributed by atoms with Crippen molar-refractivity contribution in [2.45, 2.75) is 66.2 Å². The summed E-state index contributed by atoms with van der Waals surface area (Å²) in [5.41, 5.74) is 22.1. The molecule has 0 heterocycles. The summed E-state index contributed by atoms with van der Waals surface area (Å²) in [6, 6.07) is 76.9. The van der Waals surface area contributed by atoms with E-state index in [1.807, 2.05) is 0 Å². The summed E-state index contributed by atoms with van der Waals surface area (Å²) in [7, 11) is 0. The van der Waals surface area contributed by atoms with Crippen molar-refractivity contribution in [1.82, 2.24) is 0 Å². The molecule has 0 unspecified atom stereocenters. The van der Waals surface area contributed by atoms with Crippen LogP contribution in [0.15, 0.2) is 206 Å². The smallest absolute Gasteiger partial charge is 0.0493 e. The monoisotopic (exact) mass is 878 g/mol. The highest BCUT2D eigenvalue weighted by molar-refractivity contribution is 6.12. The number of benzene rings is 10. The Kier molecular flexibility index (Phi) is 10.5. The maximum atomic E-state index is 2.46. The molecule has 0 spiro atoms. The van der Waals surface area contributed by atoms with Gasteiger partial charge in [0.05, 0.1) is 0 Å². The van der Waals surface area contributed by atoms with Crippen LogP contribution in [0.4, 0.5) is 34.1 Å². The number of rotatable bonds is 8. The minimum Gasteiger partial charge on any atom is -0.310 e. The van der Waals surface area contributed by atoms with Gasteiger partial charge in [0.1, 0.15) is 0 Å².